The molecule has 1 amide bonds. The molecule has 0 atom stereocenters. The van der Waals surface area contributed by atoms with Gasteiger partial charge in [0.15, 0.2) is 0 Å². The molecular formula is C23H20N4OS. The molecule has 4 aromatic rings. The molecule has 0 unspecified atom stereocenters. The predicted octanol–water partition coefficient (Wildman–Crippen LogP) is 4.61. The molecule has 3 N–H and O–H groups in total. The van der Waals surface area contributed by atoms with Crippen molar-refractivity contribution in [2.75, 3.05) is 5.32 Å². The van der Waals surface area contributed by atoms with Gasteiger partial charge in [0.25, 0.3) is 0 Å². The summed E-state index contributed by atoms with van der Waals surface area (Å²) in [5.41, 5.74) is 9.29. The number of hydrogen-bond acceptors (Lipinski definition) is 5. The van der Waals surface area contributed by atoms with Crippen LogP contribution in [0.3, 0.4) is 0 Å². The number of benzene rings is 2. The van der Waals surface area contributed by atoms with Crippen molar-refractivity contribution in [2.24, 2.45) is 5.73 Å². The van der Waals surface area contributed by atoms with Gasteiger partial charge in [0.2, 0.25) is 5.91 Å². The molecule has 0 aliphatic heterocycles. The fourth-order valence-corrected chi connectivity index (χ4v) is 5.12. The van der Waals surface area contributed by atoms with E-state index >= 15 is 0 Å². The van der Waals surface area contributed by atoms with Gasteiger partial charge in [0.05, 0.1) is 5.39 Å². The Bertz CT molecular complexity index is 1200. The van der Waals surface area contributed by atoms with Gasteiger partial charge in [-0.05, 0) is 54.7 Å². The molecule has 144 valence electrons. The molecule has 0 fully saturated rings. The monoisotopic (exact) mass is 400 g/mol. The molecule has 1 aliphatic carbocycles. The van der Waals surface area contributed by atoms with Crippen LogP contribution in [0.5, 0.6) is 0 Å². The van der Waals surface area contributed by atoms with E-state index in [1.165, 1.54) is 22.4 Å². The fourth-order valence-electron chi connectivity index (χ4n) is 3.84. The summed E-state index contributed by atoms with van der Waals surface area (Å²) < 4.78 is 0. The van der Waals surface area contributed by atoms with Crippen LogP contribution in [0, 0.1) is 0 Å². The standard InChI is InChI=1S/C23H20N4OS/c24-21(28)15-9-11-16(12-10-15)25-22-20-17-7-4-8-18(17)29-23(20)27-19(26-22)13-14-5-2-1-3-6-14/h1-3,5-6,9-12H,4,7-8,13H2,(H2,24,28)(H,25,26,27). The smallest absolute Gasteiger partial charge is 0.248 e. The summed E-state index contributed by atoms with van der Waals surface area (Å²) in [5.74, 6) is 1.22. The topological polar surface area (TPSA) is 80.9 Å². The highest BCUT2D eigenvalue weighted by molar-refractivity contribution is 7.19. The van der Waals surface area contributed by atoms with Crippen molar-refractivity contribution in [3.8, 4) is 0 Å². The Balaban J connectivity index is 1.56. The highest BCUT2D eigenvalue weighted by Gasteiger charge is 2.22. The maximum atomic E-state index is 11.3. The summed E-state index contributed by atoms with van der Waals surface area (Å²) >= 11 is 1.79. The van der Waals surface area contributed by atoms with Crippen molar-refractivity contribution in [2.45, 2.75) is 25.7 Å². The number of aromatic nitrogens is 2. The van der Waals surface area contributed by atoms with Gasteiger partial charge in [-0.1, -0.05) is 30.3 Å². The third-order valence-electron chi connectivity index (χ3n) is 5.25. The second kappa shape index (κ2) is 7.29. The van der Waals surface area contributed by atoms with Crippen molar-refractivity contribution in [1.82, 2.24) is 9.97 Å². The van der Waals surface area contributed by atoms with E-state index in [9.17, 15) is 4.79 Å². The lowest BCUT2D eigenvalue weighted by Crippen LogP contribution is -2.10. The van der Waals surface area contributed by atoms with Crippen LogP contribution in [0.25, 0.3) is 10.2 Å². The number of primary amides is 1. The quantitative estimate of drug-likeness (QED) is 0.512. The van der Waals surface area contributed by atoms with E-state index in [-0.39, 0.29) is 0 Å². The van der Waals surface area contributed by atoms with Gasteiger partial charge < -0.3 is 11.1 Å². The van der Waals surface area contributed by atoms with Crippen LogP contribution in [0.15, 0.2) is 54.6 Å². The molecule has 5 rings (SSSR count). The number of hydrogen-bond donors (Lipinski definition) is 2. The number of nitrogens with one attached hydrogen (secondary N) is 1. The fraction of sp³-hybridized carbons (Fsp3) is 0.174. The Labute approximate surface area is 172 Å². The van der Waals surface area contributed by atoms with E-state index in [1.807, 2.05) is 30.3 Å². The Morgan fingerprint density at radius 2 is 1.83 bits per heavy atom. The maximum absolute atomic E-state index is 11.3. The molecule has 5 nitrogen and oxygen atoms in total. The largest absolute Gasteiger partial charge is 0.366 e. The Hall–Kier alpha value is -3.25. The first-order valence-corrected chi connectivity index (χ1v) is 10.5. The van der Waals surface area contributed by atoms with Gasteiger partial charge in [-0.25, -0.2) is 9.97 Å². The lowest BCUT2D eigenvalue weighted by atomic mass is 10.1. The molecule has 0 bridgehead atoms. The van der Waals surface area contributed by atoms with Crippen LogP contribution < -0.4 is 11.1 Å². The summed E-state index contributed by atoms with van der Waals surface area (Å²) in [6.07, 6.45) is 4.08. The van der Waals surface area contributed by atoms with Gasteiger partial charge in [-0.2, -0.15) is 0 Å². The highest BCUT2D eigenvalue weighted by atomic mass is 32.1. The molecule has 0 radical (unpaired) electrons. The van der Waals surface area contributed by atoms with E-state index in [0.29, 0.717) is 12.0 Å². The van der Waals surface area contributed by atoms with E-state index in [1.54, 1.807) is 23.5 Å². The zero-order valence-corrected chi connectivity index (χ0v) is 16.6. The zero-order valence-electron chi connectivity index (χ0n) is 15.8. The van der Waals surface area contributed by atoms with Crippen LogP contribution in [0.2, 0.25) is 0 Å². The summed E-state index contributed by atoms with van der Waals surface area (Å²) in [4.78, 5) is 23.6. The Kier molecular flexibility index (Phi) is 4.48. The lowest BCUT2D eigenvalue weighted by molar-refractivity contribution is 0.100. The molecule has 0 spiro atoms. The number of nitrogens with two attached hydrogens (primary N) is 1. The van der Waals surface area contributed by atoms with Crippen LogP contribution in [-0.4, -0.2) is 15.9 Å². The molecule has 2 aromatic carbocycles. The van der Waals surface area contributed by atoms with Crippen LogP contribution in [0.1, 0.15) is 38.6 Å². The van der Waals surface area contributed by atoms with Crippen LogP contribution in [0.4, 0.5) is 11.5 Å². The minimum Gasteiger partial charge on any atom is -0.366 e. The van der Waals surface area contributed by atoms with Gasteiger partial charge in [0, 0.05) is 22.5 Å². The van der Waals surface area contributed by atoms with E-state index in [0.717, 1.165) is 40.4 Å². The van der Waals surface area contributed by atoms with Gasteiger partial charge in [-0.3, -0.25) is 4.79 Å². The number of rotatable bonds is 5. The number of carbonyl (C=O) groups is 1. The first-order chi connectivity index (χ1) is 14.2. The first kappa shape index (κ1) is 17.8. The van der Waals surface area contributed by atoms with E-state index < -0.39 is 5.91 Å². The number of amides is 1. The van der Waals surface area contributed by atoms with Gasteiger partial charge in [0.1, 0.15) is 16.5 Å². The summed E-state index contributed by atoms with van der Waals surface area (Å²) in [6.45, 7) is 0. The van der Waals surface area contributed by atoms with Crippen molar-refractivity contribution >= 4 is 39.0 Å². The number of aryl methyl sites for hydroxylation is 2. The molecule has 0 saturated carbocycles. The van der Waals surface area contributed by atoms with Crippen molar-refractivity contribution < 1.29 is 4.79 Å². The number of anilines is 2. The molecule has 6 heteroatoms. The van der Waals surface area contributed by atoms with Crippen molar-refractivity contribution in [3.63, 3.8) is 0 Å². The maximum Gasteiger partial charge on any atom is 0.248 e. The van der Waals surface area contributed by atoms with Gasteiger partial charge >= 0.3 is 0 Å². The van der Waals surface area contributed by atoms with E-state index in [4.69, 9.17) is 15.7 Å². The van der Waals surface area contributed by atoms with Crippen molar-refractivity contribution in [1.29, 1.82) is 0 Å². The summed E-state index contributed by atoms with van der Waals surface area (Å²) in [6, 6.07) is 17.4. The number of carbonyl (C=O) groups excluding carboxylic acids is 1. The van der Waals surface area contributed by atoms with Crippen LogP contribution >= 0.6 is 11.3 Å². The average molecular weight is 401 g/mol. The van der Waals surface area contributed by atoms with Crippen LogP contribution in [-0.2, 0) is 19.3 Å². The minimum absolute atomic E-state index is 0.429. The Morgan fingerprint density at radius 3 is 2.59 bits per heavy atom. The predicted molar refractivity (Wildman–Crippen MR) is 117 cm³/mol. The number of fused-ring (bicyclic) bond motifs is 3. The van der Waals surface area contributed by atoms with Crippen molar-refractivity contribution in [3.05, 3.63) is 82.0 Å². The molecule has 0 saturated heterocycles. The Morgan fingerprint density at radius 1 is 1.03 bits per heavy atom. The normalized spacial score (nSPS) is 12.8. The molecule has 2 heterocycles. The molecule has 29 heavy (non-hydrogen) atoms. The molecular weight excluding hydrogens is 380 g/mol. The van der Waals surface area contributed by atoms with E-state index in [2.05, 4.69) is 17.4 Å². The third kappa shape index (κ3) is 3.47. The third-order valence-corrected chi connectivity index (χ3v) is 6.43. The molecule has 2 aromatic heterocycles. The average Bonchev–Trinajstić information content (AvgIpc) is 3.30. The minimum atomic E-state index is -0.429. The second-order valence-electron chi connectivity index (χ2n) is 7.25. The first-order valence-electron chi connectivity index (χ1n) is 9.69. The summed E-state index contributed by atoms with van der Waals surface area (Å²) in [7, 11) is 0. The zero-order chi connectivity index (χ0) is 19.8. The highest BCUT2D eigenvalue weighted by Crippen LogP contribution is 2.40. The number of thiophene rings is 1. The summed E-state index contributed by atoms with van der Waals surface area (Å²) in [5, 5.41) is 4.60. The second-order valence-corrected chi connectivity index (χ2v) is 8.34. The SMILES string of the molecule is NC(=O)c1ccc(Nc2nc(Cc3ccccc3)nc3sc4c(c23)CCC4)cc1. The lowest BCUT2D eigenvalue weighted by Gasteiger charge is -2.11. The molecule has 1 aliphatic rings. The number of nitrogens with zero attached hydrogens (tertiary/aromatic N) is 2. The van der Waals surface area contributed by atoms with Gasteiger partial charge in [-0.15, -0.1) is 11.3 Å².